The Bertz CT molecular complexity index is 799. The van der Waals surface area contributed by atoms with Gasteiger partial charge >= 0.3 is 0 Å². The average Bonchev–Trinajstić information content (AvgIpc) is 3.13. The van der Waals surface area contributed by atoms with E-state index in [1.807, 2.05) is 12.1 Å². The van der Waals surface area contributed by atoms with E-state index in [0.717, 1.165) is 36.4 Å². The molecule has 0 bridgehead atoms. The van der Waals surface area contributed by atoms with Crippen molar-refractivity contribution < 1.29 is 13.9 Å². The van der Waals surface area contributed by atoms with Gasteiger partial charge in [0.05, 0.1) is 11.7 Å². The number of hydrogen-bond donors (Lipinski definition) is 1. The third kappa shape index (κ3) is 3.26. The minimum atomic E-state index is -0.306. The van der Waals surface area contributed by atoms with Crippen molar-refractivity contribution in [1.29, 1.82) is 0 Å². The van der Waals surface area contributed by atoms with E-state index < -0.39 is 0 Å². The second-order valence-corrected chi connectivity index (χ2v) is 6.55. The Morgan fingerprint density at radius 2 is 1.92 bits per heavy atom. The monoisotopic (exact) mass is 358 g/mol. The molecule has 4 rings (SSSR count). The second kappa shape index (κ2) is 6.88. The predicted octanol–water partition coefficient (Wildman–Crippen LogP) is 4.13. The minimum absolute atomic E-state index is 0.155. The molecule has 2 aromatic rings. The lowest BCUT2D eigenvalue weighted by Gasteiger charge is -2.29. The summed E-state index contributed by atoms with van der Waals surface area (Å²) >= 11 is 5.55. The molecule has 2 aromatic carbocycles. The third-order valence-corrected chi connectivity index (χ3v) is 4.92. The lowest BCUT2D eigenvalue weighted by atomic mass is 10.0. The lowest BCUT2D eigenvalue weighted by molar-refractivity contribution is 0.171. The molecule has 1 unspecified atom stereocenters. The summed E-state index contributed by atoms with van der Waals surface area (Å²) in [6.07, 6.45) is 2.04. The van der Waals surface area contributed by atoms with Gasteiger partial charge in [-0.2, -0.15) is 0 Å². The van der Waals surface area contributed by atoms with Crippen molar-refractivity contribution in [1.82, 2.24) is 4.90 Å². The van der Waals surface area contributed by atoms with Crippen LogP contribution in [0.1, 0.15) is 24.4 Å². The molecule has 130 valence electrons. The first-order chi connectivity index (χ1) is 12.2. The fourth-order valence-corrected chi connectivity index (χ4v) is 3.70. The maximum atomic E-state index is 13.9. The number of likely N-dealkylation sites (tertiary alicyclic amines) is 1. The fraction of sp³-hybridized carbons (Fsp3) is 0.316. The Hall–Kier alpha value is -2.34. The topological polar surface area (TPSA) is 33.7 Å². The van der Waals surface area contributed by atoms with Crippen LogP contribution in [0, 0.1) is 5.82 Å². The number of hydrogen-bond acceptors (Lipinski definition) is 3. The quantitative estimate of drug-likeness (QED) is 0.817. The van der Waals surface area contributed by atoms with Crippen LogP contribution in [0.25, 0.3) is 0 Å². The van der Waals surface area contributed by atoms with E-state index in [0.29, 0.717) is 24.0 Å². The normalized spacial score (nSPS) is 18.9. The largest absolute Gasteiger partial charge is 0.486 e. The zero-order valence-corrected chi connectivity index (χ0v) is 14.5. The van der Waals surface area contributed by atoms with E-state index in [-0.39, 0.29) is 11.9 Å². The zero-order chi connectivity index (χ0) is 17.2. The van der Waals surface area contributed by atoms with E-state index in [1.54, 1.807) is 18.2 Å². The zero-order valence-electron chi connectivity index (χ0n) is 13.7. The molecule has 1 N–H and O–H groups in total. The summed E-state index contributed by atoms with van der Waals surface area (Å²) in [5, 5.41) is 3.58. The Kier molecular flexibility index (Phi) is 4.44. The second-order valence-electron chi connectivity index (χ2n) is 6.16. The highest BCUT2D eigenvalue weighted by Crippen LogP contribution is 2.38. The summed E-state index contributed by atoms with van der Waals surface area (Å²) < 4.78 is 25.2. The Balaban J connectivity index is 1.54. The van der Waals surface area contributed by atoms with Gasteiger partial charge in [0.1, 0.15) is 19.0 Å². The third-order valence-electron chi connectivity index (χ3n) is 4.58. The number of para-hydroxylation sites is 1. The van der Waals surface area contributed by atoms with Gasteiger partial charge in [0.25, 0.3) is 0 Å². The van der Waals surface area contributed by atoms with Gasteiger partial charge in [-0.05, 0) is 54.9 Å². The first-order valence-electron chi connectivity index (χ1n) is 8.44. The SMILES string of the molecule is Fc1ccccc1NC(=S)N1CCCC1c1ccc2c(c1)OCCO2. The van der Waals surface area contributed by atoms with Gasteiger partial charge in [-0.15, -0.1) is 0 Å². The molecule has 0 aromatic heterocycles. The average molecular weight is 358 g/mol. The van der Waals surface area contributed by atoms with E-state index in [4.69, 9.17) is 21.7 Å². The summed E-state index contributed by atoms with van der Waals surface area (Å²) in [5.74, 6) is 1.26. The number of anilines is 1. The van der Waals surface area contributed by atoms with Gasteiger partial charge in [0.2, 0.25) is 0 Å². The number of rotatable bonds is 2. The molecule has 6 heteroatoms. The van der Waals surface area contributed by atoms with Crippen LogP contribution in [0.15, 0.2) is 42.5 Å². The number of thiocarbonyl (C=S) groups is 1. The van der Waals surface area contributed by atoms with E-state index in [2.05, 4.69) is 16.3 Å². The number of fused-ring (bicyclic) bond motifs is 1. The van der Waals surface area contributed by atoms with Crippen molar-refractivity contribution in [3.8, 4) is 11.5 Å². The van der Waals surface area contributed by atoms with Gasteiger partial charge in [-0.1, -0.05) is 18.2 Å². The highest BCUT2D eigenvalue weighted by Gasteiger charge is 2.29. The molecular formula is C19H19FN2O2S. The molecule has 1 saturated heterocycles. The summed E-state index contributed by atoms with van der Waals surface area (Å²) in [7, 11) is 0. The van der Waals surface area contributed by atoms with Crippen molar-refractivity contribution in [3.63, 3.8) is 0 Å². The van der Waals surface area contributed by atoms with Crippen LogP contribution >= 0.6 is 12.2 Å². The predicted molar refractivity (Wildman–Crippen MR) is 98.7 cm³/mol. The molecule has 0 spiro atoms. The van der Waals surface area contributed by atoms with Crippen LogP contribution in [-0.4, -0.2) is 29.8 Å². The van der Waals surface area contributed by atoms with Crippen molar-refractivity contribution in [2.75, 3.05) is 25.1 Å². The molecular weight excluding hydrogens is 339 g/mol. The maximum absolute atomic E-state index is 13.9. The molecule has 0 radical (unpaired) electrons. The van der Waals surface area contributed by atoms with Crippen molar-refractivity contribution in [2.45, 2.75) is 18.9 Å². The van der Waals surface area contributed by atoms with Gasteiger partial charge in [-0.3, -0.25) is 0 Å². The van der Waals surface area contributed by atoms with Crippen molar-refractivity contribution >= 4 is 23.0 Å². The summed E-state index contributed by atoms with van der Waals surface area (Å²) in [4.78, 5) is 2.12. The number of ether oxygens (including phenoxy) is 2. The van der Waals surface area contributed by atoms with Gasteiger partial charge in [0.15, 0.2) is 16.6 Å². The van der Waals surface area contributed by atoms with E-state index >= 15 is 0 Å². The molecule has 0 aliphatic carbocycles. The highest BCUT2D eigenvalue weighted by atomic mass is 32.1. The molecule has 2 heterocycles. The van der Waals surface area contributed by atoms with Crippen LogP contribution in [0.5, 0.6) is 11.5 Å². The number of nitrogens with one attached hydrogen (secondary N) is 1. The number of nitrogens with zero attached hydrogens (tertiary/aromatic N) is 1. The fourth-order valence-electron chi connectivity index (χ4n) is 3.37. The molecule has 0 saturated carbocycles. The molecule has 1 fully saturated rings. The highest BCUT2D eigenvalue weighted by molar-refractivity contribution is 7.80. The molecule has 2 aliphatic heterocycles. The first-order valence-corrected chi connectivity index (χ1v) is 8.85. The standard InChI is InChI=1S/C19H19FN2O2S/c20-14-4-1-2-5-15(14)21-19(25)22-9-3-6-16(22)13-7-8-17-18(12-13)24-11-10-23-17/h1-2,4-5,7-8,12,16H,3,6,9-11H2,(H,21,25). The molecule has 2 aliphatic rings. The lowest BCUT2D eigenvalue weighted by Crippen LogP contribution is -2.34. The van der Waals surface area contributed by atoms with E-state index in [1.165, 1.54) is 6.07 Å². The molecule has 25 heavy (non-hydrogen) atoms. The first kappa shape index (κ1) is 16.1. The number of benzene rings is 2. The van der Waals surface area contributed by atoms with Crippen molar-refractivity contribution in [3.05, 3.63) is 53.8 Å². The summed E-state index contributed by atoms with van der Waals surface area (Å²) in [5.41, 5.74) is 1.54. The van der Waals surface area contributed by atoms with E-state index in [9.17, 15) is 4.39 Å². The molecule has 0 amide bonds. The Morgan fingerprint density at radius 1 is 1.12 bits per heavy atom. The number of halogens is 1. The minimum Gasteiger partial charge on any atom is -0.486 e. The van der Waals surface area contributed by atoms with Crippen LogP contribution in [0.4, 0.5) is 10.1 Å². The Morgan fingerprint density at radius 3 is 2.76 bits per heavy atom. The van der Waals surface area contributed by atoms with Crippen LogP contribution in [-0.2, 0) is 0 Å². The Labute approximate surface area is 151 Å². The van der Waals surface area contributed by atoms with Gasteiger partial charge in [0, 0.05) is 6.54 Å². The summed E-state index contributed by atoms with van der Waals surface area (Å²) in [6.45, 7) is 2.00. The van der Waals surface area contributed by atoms with Crippen molar-refractivity contribution in [2.24, 2.45) is 0 Å². The molecule has 4 nitrogen and oxygen atoms in total. The van der Waals surface area contributed by atoms with Gasteiger partial charge < -0.3 is 19.7 Å². The van der Waals surface area contributed by atoms with Crippen LogP contribution in [0.3, 0.4) is 0 Å². The summed E-state index contributed by atoms with van der Waals surface area (Å²) in [6, 6.07) is 12.8. The van der Waals surface area contributed by atoms with Gasteiger partial charge in [-0.25, -0.2) is 4.39 Å². The smallest absolute Gasteiger partial charge is 0.174 e. The van der Waals surface area contributed by atoms with Crippen LogP contribution in [0.2, 0.25) is 0 Å². The van der Waals surface area contributed by atoms with Crippen LogP contribution < -0.4 is 14.8 Å². The maximum Gasteiger partial charge on any atom is 0.174 e. The molecule has 1 atom stereocenters.